The molecule has 6 heteroatoms. The zero-order chi connectivity index (χ0) is 17.9. The number of anilines is 1. The van der Waals surface area contributed by atoms with E-state index < -0.39 is 0 Å². The second kappa shape index (κ2) is 7.14. The van der Waals surface area contributed by atoms with Crippen molar-refractivity contribution in [3.8, 4) is 6.07 Å². The van der Waals surface area contributed by atoms with Gasteiger partial charge >= 0.3 is 0 Å². The number of likely N-dealkylation sites (N-methyl/N-ethyl adjacent to an activating group) is 1. The number of aromatic nitrogens is 3. The lowest BCUT2D eigenvalue weighted by atomic mass is 10.1. The third-order valence-corrected chi connectivity index (χ3v) is 5.07. The van der Waals surface area contributed by atoms with Crippen molar-refractivity contribution in [2.75, 3.05) is 25.0 Å². The number of pyridine rings is 1. The zero-order valence-electron chi connectivity index (χ0n) is 14.9. The molecule has 1 aliphatic rings. The predicted molar refractivity (Wildman–Crippen MR) is 101 cm³/mol. The van der Waals surface area contributed by atoms with Gasteiger partial charge in [-0.3, -0.25) is 4.90 Å². The highest BCUT2D eigenvalue weighted by molar-refractivity contribution is 5.65. The first-order valence-electron chi connectivity index (χ1n) is 8.98. The minimum atomic E-state index is 0.430. The van der Waals surface area contributed by atoms with Crippen molar-refractivity contribution in [3.63, 3.8) is 0 Å². The van der Waals surface area contributed by atoms with Crippen molar-refractivity contribution in [1.29, 1.82) is 5.26 Å². The van der Waals surface area contributed by atoms with E-state index in [4.69, 9.17) is 0 Å². The summed E-state index contributed by atoms with van der Waals surface area (Å²) in [6.07, 6.45) is 8.10. The minimum Gasteiger partial charge on any atom is -0.351 e. The van der Waals surface area contributed by atoms with Gasteiger partial charge in [0.15, 0.2) is 5.82 Å². The molecule has 132 valence electrons. The summed E-state index contributed by atoms with van der Waals surface area (Å²) in [5.74, 6) is 0.954. The summed E-state index contributed by atoms with van der Waals surface area (Å²) in [6, 6.07) is 12.7. The van der Waals surface area contributed by atoms with E-state index in [0.717, 1.165) is 48.5 Å². The molecule has 0 radical (unpaired) electrons. The summed E-state index contributed by atoms with van der Waals surface area (Å²) in [7, 11) is 2.12. The van der Waals surface area contributed by atoms with Crippen LogP contribution in [0, 0.1) is 11.3 Å². The Balaban J connectivity index is 1.49. The van der Waals surface area contributed by atoms with Crippen molar-refractivity contribution >= 4 is 11.3 Å². The molecule has 0 aliphatic carbocycles. The van der Waals surface area contributed by atoms with Crippen molar-refractivity contribution in [2.24, 2.45) is 0 Å². The highest BCUT2D eigenvalue weighted by Gasteiger charge is 2.27. The summed E-state index contributed by atoms with van der Waals surface area (Å²) in [4.78, 5) is 4.65. The molecule has 1 unspecified atom stereocenters. The molecule has 4 rings (SSSR count). The van der Waals surface area contributed by atoms with Gasteiger partial charge < -0.3 is 9.30 Å². The van der Waals surface area contributed by atoms with Crippen LogP contribution >= 0.6 is 0 Å². The first-order valence-corrected chi connectivity index (χ1v) is 8.98. The van der Waals surface area contributed by atoms with Gasteiger partial charge in [-0.25, -0.2) is 0 Å². The SMILES string of the molecule is CN(Cc1cn2ccccc2c1C#N)CC1CCCN1c1cccnn1. The molecule has 0 aromatic carbocycles. The molecule has 0 amide bonds. The molecule has 1 atom stereocenters. The maximum Gasteiger partial charge on any atom is 0.151 e. The Labute approximate surface area is 153 Å². The average molecular weight is 346 g/mol. The Morgan fingerprint density at radius 2 is 2.23 bits per heavy atom. The molecule has 3 aromatic rings. The van der Waals surface area contributed by atoms with Crippen LogP contribution in [-0.4, -0.2) is 45.7 Å². The van der Waals surface area contributed by atoms with Gasteiger partial charge in [-0.15, -0.1) is 5.10 Å². The van der Waals surface area contributed by atoms with Crippen molar-refractivity contribution in [1.82, 2.24) is 19.5 Å². The van der Waals surface area contributed by atoms with Crippen LogP contribution in [0.25, 0.3) is 5.52 Å². The molecule has 1 saturated heterocycles. The van der Waals surface area contributed by atoms with E-state index in [1.54, 1.807) is 6.20 Å². The number of hydrogen-bond acceptors (Lipinski definition) is 5. The van der Waals surface area contributed by atoms with Crippen LogP contribution in [0.2, 0.25) is 0 Å². The highest BCUT2D eigenvalue weighted by atomic mass is 15.3. The van der Waals surface area contributed by atoms with Crippen molar-refractivity contribution < 1.29 is 0 Å². The normalized spacial score (nSPS) is 17.1. The van der Waals surface area contributed by atoms with Crippen LogP contribution in [0.4, 0.5) is 5.82 Å². The fourth-order valence-electron chi connectivity index (χ4n) is 3.92. The topological polar surface area (TPSA) is 60.5 Å². The Morgan fingerprint density at radius 3 is 3.04 bits per heavy atom. The monoisotopic (exact) mass is 346 g/mol. The lowest BCUT2D eigenvalue weighted by Crippen LogP contribution is -2.39. The van der Waals surface area contributed by atoms with Crippen molar-refractivity contribution in [3.05, 3.63) is 60.0 Å². The van der Waals surface area contributed by atoms with Gasteiger partial charge in [-0.2, -0.15) is 10.4 Å². The van der Waals surface area contributed by atoms with E-state index in [9.17, 15) is 5.26 Å². The maximum absolute atomic E-state index is 9.59. The zero-order valence-corrected chi connectivity index (χ0v) is 14.9. The number of rotatable bonds is 5. The molecule has 0 spiro atoms. The Hall–Kier alpha value is -2.91. The van der Waals surface area contributed by atoms with Gasteiger partial charge in [0.2, 0.25) is 0 Å². The number of fused-ring (bicyclic) bond motifs is 1. The molecule has 3 aromatic heterocycles. The van der Waals surface area contributed by atoms with Crippen LogP contribution in [0.3, 0.4) is 0 Å². The Kier molecular flexibility index (Phi) is 4.55. The van der Waals surface area contributed by atoms with Gasteiger partial charge in [0.25, 0.3) is 0 Å². The summed E-state index contributed by atoms with van der Waals surface area (Å²) < 4.78 is 2.03. The number of nitriles is 1. The van der Waals surface area contributed by atoms with E-state index in [0.29, 0.717) is 6.04 Å². The first-order chi connectivity index (χ1) is 12.8. The quantitative estimate of drug-likeness (QED) is 0.711. The van der Waals surface area contributed by atoms with Gasteiger partial charge in [0.05, 0.1) is 11.1 Å². The fraction of sp³-hybridized carbons (Fsp3) is 0.350. The molecule has 6 nitrogen and oxygen atoms in total. The molecule has 4 heterocycles. The average Bonchev–Trinajstić information content (AvgIpc) is 3.26. The molecule has 1 aliphatic heterocycles. The summed E-state index contributed by atoms with van der Waals surface area (Å²) >= 11 is 0. The second-order valence-corrected chi connectivity index (χ2v) is 6.90. The minimum absolute atomic E-state index is 0.430. The van der Waals surface area contributed by atoms with Crippen LogP contribution < -0.4 is 4.90 Å². The second-order valence-electron chi connectivity index (χ2n) is 6.90. The molecule has 0 bridgehead atoms. The number of nitrogens with zero attached hydrogens (tertiary/aromatic N) is 6. The Bertz CT molecular complexity index is 926. The van der Waals surface area contributed by atoms with E-state index >= 15 is 0 Å². The summed E-state index contributed by atoms with van der Waals surface area (Å²) in [6.45, 7) is 2.72. The fourth-order valence-corrected chi connectivity index (χ4v) is 3.92. The lowest BCUT2D eigenvalue weighted by molar-refractivity contribution is 0.302. The maximum atomic E-state index is 9.59. The largest absolute Gasteiger partial charge is 0.351 e. The van der Waals surface area contributed by atoms with Crippen molar-refractivity contribution in [2.45, 2.75) is 25.4 Å². The van der Waals surface area contributed by atoms with E-state index in [1.165, 1.54) is 6.42 Å². The van der Waals surface area contributed by atoms with Crippen LogP contribution in [-0.2, 0) is 6.54 Å². The molecule has 26 heavy (non-hydrogen) atoms. The van der Waals surface area contributed by atoms with E-state index in [2.05, 4.69) is 39.3 Å². The van der Waals surface area contributed by atoms with Crippen LogP contribution in [0.5, 0.6) is 0 Å². The van der Waals surface area contributed by atoms with Crippen LogP contribution in [0.15, 0.2) is 48.9 Å². The van der Waals surface area contributed by atoms with E-state index in [-0.39, 0.29) is 0 Å². The predicted octanol–water partition coefficient (Wildman–Crippen LogP) is 2.70. The lowest BCUT2D eigenvalue weighted by Gasteiger charge is -2.29. The third-order valence-electron chi connectivity index (χ3n) is 5.07. The summed E-state index contributed by atoms with van der Waals surface area (Å²) in [5.41, 5.74) is 2.82. The molecular formula is C20H22N6. The van der Waals surface area contributed by atoms with Gasteiger partial charge in [0, 0.05) is 49.8 Å². The first kappa shape index (κ1) is 16.6. The third kappa shape index (κ3) is 3.14. The smallest absolute Gasteiger partial charge is 0.151 e. The molecule has 0 saturated carbocycles. The van der Waals surface area contributed by atoms with Crippen LogP contribution in [0.1, 0.15) is 24.0 Å². The Morgan fingerprint density at radius 1 is 1.31 bits per heavy atom. The van der Waals surface area contributed by atoms with Gasteiger partial charge in [-0.1, -0.05) is 6.07 Å². The van der Waals surface area contributed by atoms with Gasteiger partial charge in [-0.05, 0) is 44.2 Å². The van der Waals surface area contributed by atoms with E-state index in [1.807, 2.05) is 40.9 Å². The van der Waals surface area contributed by atoms with Gasteiger partial charge in [0.1, 0.15) is 6.07 Å². The molecular weight excluding hydrogens is 324 g/mol. The molecule has 1 fully saturated rings. The number of hydrogen-bond donors (Lipinski definition) is 0. The highest BCUT2D eigenvalue weighted by Crippen LogP contribution is 2.25. The summed E-state index contributed by atoms with van der Waals surface area (Å²) in [5, 5.41) is 17.9. The molecule has 0 N–H and O–H groups in total. The standard InChI is InChI=1S/C20H22N6/c1-24(13-16-14-25-10-3-2-7-19(25)18(16)12-21)15-17-6-5-11-26(17)20-8-4-9-22-23-20/h2-4,7-10,14,17H,5-6,11,13,15H2,1H3.